The van der Waals surface area contributed by atoms with Crippen LogP contribution in [0, 0.1) is 0 Å². The first-order valence-corrected chi connectivity index (χ1v) is 11.8. The third-order valence-corrected chi connectivity index (χ3v) is 5.54. The van der Waals surface area contributed by atoms with Crippen LogP contribution < -0.4 is 19.6 Å². The number of hydrogen-bond donors (Lipinski definition) is 1. The highest BCUT2D eigenvalue weighted by Gasteiger charge is 2.18. The van der Waals surface area contributed by atoms with Crippen LogP contribution in [-0.2, 0) is 0 Å². The molecule has 188 valence electrons. The van der Waals surface area contributed by atoms with Crippen LogP contribution in [0.4, 0.5) is 0 Å². The Morgan fingerprint density at radius 3 is 2.46 bits per heavy atom. The SMILES string of the molecule is CCOc1cc(/C=N\NC(=O)c2ccccc2-n2cccc2)cc(Cl)c1OC(=O)c1ccc(OC)cc1. The highest BCUT2D eigenvalue weighted by Crippen LogP contribution is 2.37. The predicted octanol–water partition coefficient (Wildman–Crippen LogP) is 5.52. The molecule has 0 saturated heterocycles. The van der Waals surface area contributed by atoms with E-state index < -0.39 is 5.97 Å². The predicted molar refractivity (Wildman–Crippen MR) is 141 cm³/mol. The lowest BCUT2D eigenvalue weighted by Gasteiger charge is -2.13. The number of nitrogens with zero attached hydrogens (tertiary/aromatic N) is 2. The van der Waals surface area contributed by atoms with E-state index >= 15 is 0 Å². The number of carbonyl (C=O) groups is 2. The van der Waals surface area contributed by atoms with Gasteiger partial charge >= 0.3 is 5.97 Å². The maximum Gasteiger partial charge on any atom is 0.343 e. The first kappa shape index (κ1) is 25.5. The van der Waals surface area contributed by atoms with Gasteiger partial charge in [0.2, 0.25) is 0 Å². The number of hydrazone groups is 1. The normalized spacial score (nSPS) is 10.8. The molecule has 0 radical (unpaired) electrons. The maximum atomic E-state index is 12.8. The average molecular weight is 518 g/mol. The Kier molecular flexibility index (Phi) is 8.22. The van der Waals surface area contributed by atoms with Gasteiger partial charge in [-0.25, -0.2) is 10.2 Å². The number of methoxy groups -OCH3 is 1. The van der Waals surface area contributed by atoms with E-state index in [9.17, 15) is 9.59 Å². The number of ether oxygens (including phenoxy) is 3. The molecule has 4 rings (SSSR count). The molecule has 1 amide bonds. The summed E-state index contributed by atoms with van der Waals surface area (Å²) in [4.78, 5) is 25.4. The van der Waals surface area contributed by atoms with Gasteiger partial charge in [-0.05, 0) is 73.2 Å². The van der Waals surface area contributed by atoms with Crippen molar-refractivity contribution in [3.8, 4) is 22.9 Å². The number of carbonyl (C=O) groups excluding carboxylic acids is 2. The minimum atomic E-state index is -0.597. The summed E-state index contributed by atoms with van der Waals surface area (Å²) < 4.78 is 18.1. The maximum absolute atomic E-state index is 12.8. The van der Waals surface area contributed by atoms with Gasteiger partial charge in [0.15, 0.2) is 11.5 Å². The number of rotatable bonds is 9. The molecule has 0 atom stereocenters. The molecule has 0 aliphatic rings. The molecule has 37 heavy (non-hydrogen) atoms. The van der Waals surface area contributed by atoms with Crippen LogP contribution in [0.3, 0.4) is 0 Å². The van der Waals surface area contributed by atoms with Gasteiger partial charge in [-0.1, -0.05) is 23.7 Å². The van der Waals surface area contributed by atoms with Crippen LogP contribution in [0.1, 0.15) is 33.2 Å². The number of nitrogens with one attached hydrogen (secondary N) is 1. The van der Waals surface area contributed by atoms with E-state index in [2.05, 4.69) is 10.5 Å². The highest BCUT2D eigenvalue weighted by molar-refractivity contribution is 6.32. The fraction of sp³-hybridized carbons (Fsp3) is 0.107. The molecule has 9 heteroatoms. The number of benzene rings is 3. The lowest BCUT2D eigenvalue weighted by molar-refractivity contribution is 0.0728. The monoisotopic (exact) mass is 517 g/mol. The number of esters is 1. The quantitative estimate of drug-likeness (QED) is 0.137. The molecule has 3 aromatic carbocycles. The molecule has 0 saturated carbocycles. The molecular weight excluding hydrogens is 494 g/mol. The summed E-state index contributed by atoms with van der Waals surface area (Å²) in [5, 5.41) is 4.22. The van der Waals surface area contributed by atoms with Crippen LogP contribution in [0.5, 0.6) is 17.2 Å². The van der Waals surface area contributed by atoms with Crippen molar-refractivity contribution in [3.63, 3.8) is 0 Å². The zero-order chi connectivity index (χ0) is 26.2. The second-order valence-electron chi connectivity index (χ2n) is 7.69. The van der Waals surface area contributed by atoms with Gasteiger partial charge in [-0.2, -0.15) is 5.10 Å². The van der Waals surface area contributed by atoms with Gasteiger partial charge in [-0.3, -0.25) is 4.79 Å². The molecule has 1 heterocycles. The molecule has 0 aliphatic heterocycles. The second kappa shape index (κ2) is 11.9. The summed E-state index contributed by atoms with van der Waals surface area (Å²) >= 11 is 6.44. The van der Waals surface area contributed by atoms with E-state index in [1.165, 1.54) is 6.21 Å². The third-order valence-electron chi connectivity index (χ3n) is 5.26. The first-order chi connectivity index (χ1) is 18.0. The van der Waals surface area contributed by atoms with Gasteiger partial charge < -0.3 is 18.8 Å². The van der Waals surface area contributed by atoms with Gasteiger partial charge in [0.25, 0.3) is 5.91 Å². The Morgan fingerprint density at radius 1 is 1.03 bits per heavy atom. The lowest BCUT2D eigenvalue weighted by atomic mass is 10.1. The van der Waals surface area contributed by atoms with E-state index in [-0.39, 0.29) is 22.4 Å². The Morgan fingerprint density at radius 2 is 1.76 bits per heavy atom. The molecule has 0 spiro atoms. The van der Waals surface area contributed by atoms with E-state index in [0.717, 1.165) is 5.69 Å². The van der Waals surface area contributed by atoms with Crippen molar-refractivity contribution in [3.05, 3.63) is 107 Å². The Balaban J connectivity index is 1.50. The molecule has 0 unspecified atom stereocenters. The van der Waals surface area contributed by atoms with Crippen molar-refractivity contribution >= 4 is 29.7 Å². The van der Waals surface area contributed by atoms with Crippen LogP contribution in [0.25, 0.3) is 5.69 Å². The van der Waals surface area contributed by atoms with Crippen molar-refractivity contribution < 1.29 is 23.8 Å². The molecular formula is C28H24ClN3O5. The summed E-state index contributed by atoms with van der Waals surface area (Å²) in [6, 6.07) is 20.6. The lowest BCUT2D eigenvalue weighted by Crippen LogP contribution is -2.19. The highest BCUT2D eigenvalue weighted by atomic mass is 35.5. The Labute approximate surface area is 219 Å². The molecule has 0 fully saturated rings. The fourth-order valence-corrected chi connectivity index (χ4v) is 3.77. The van der Waals surface area contributed by atoms with E-state index in [1.54, 1.807) is 62.6 Å². The number of aromatic nitrogens is 1. The summed E-state index contributed by atoms with van der Waals surface area (Å²) in [5.41, 5.74) is 4.59. The Bertz CT molecular complexity index is 1420. The van der Waals surface area contributed by atoms with Crippen molar-refractivity contribution in [2.45, 2.75) is 6.92 Å². The van der Waals surface area contributed by atoms with E-state index in [4.69, 9.17) is 25.8 Å². The first-order valence-electron chi connectivity index (χ1n) is 11.4. The molecule has 8 nitrogen and oxygen atoms in total. The van der Waals surface area contributed by atoms with Crippen LogP contribution >= 0.6 is 11.6 Å². The topological polar surface area (TPSA) is 91.1 Å². The van der Waals surface area contributed by atoms with Crippen LogP contribution in [0.2, 0.25) is 5.02 Å². The number of para-hydroxylation sites is 1. The van der Waals surface area contributed by atoms with Crippen molar-refractivity contribution in [1.29, 1.82) is 0 Å². The number of hydrogen-bond acceptors (Lipinski definition) is 6. The molecule has 1 N–H and O–H groups in total. The summed E-state index contributed by atoms with van der Waals surface area (Å²) in [6.45, 7) is 2.11. The zero-order valence-corrected chi connectivity index (χ0v) is 20.9. The number of halogens is 1. The summed E-state index contributed by atoms with van der Waals surface area (Å²) in [7, 11) is 1.54. The van der Waals surface area contributed by atoms with Crippen LogP contribution in [0.15, 0.2) is 90.3 Å². The van der Waals surface area contributed by atoms with Gasteiger partial charge in [-0.15, -0.1) is 0 Å². The van der Waals surface area contributed by atoms with Crippen molar-refractivity contribution in [2.75, 3.05) is 13.7 Å². The smallest absolute Gasteiger partial charge is 0.343 e. The van der Waals surface area contributed by atoms with E-state index in [1.807, 2.05) is 41.2 Å². The van der Waals surface area contributed by atoms with Gasteiger partial charge in [0.05, 0.1) is 41.8 Å². The minimum absolute atomic E-state index is 0.0890. The molecule has 0 aliphatic carbocycles. The zero-order valence-electron chi connectivity index (χ0n) is 20.2. The number of amides is 1. The van der Waals surface area contributed by atoms with E-state index in [0.29, 0.717) is 29.0 Å². The third kappa shape index (κ3) is 6.17. The summed E-state index contributed by atoms with van der Waals surface area (Å²) in [6.07, 6.45) is 5.14. The molecule has 4 aromatic rings. The largest absolute Gasteiger partial charge is 0.497 e. The Hall–Kier alpha value is -4.56. The second-order valence-corrected chi connectivity index (χ2v) is 8.09. The molecule has 1 aromatic heterocycles. The molecule has 0 bridgehead atoms. The van der Waals surface area contributed by atoms with Gasteiger partial charge in [0, 0.05) is 12.4 Å². The fourth-order valence-electron chi connectivity index (χ4n) is 3.51. The standard InChI is InChI=1S/C28H24ClN3O5/c1-3-36-25-17-19(16-23(29)26(25)37-28(34)20-10-12-21(35-2)13-11-20)18-30-31-27(33)22-8-4-5-9-24(22)32-14-6-7-15-32/h4-18H,3H2,1-2H3,(H,31,33)/b30-18-. The minimum Gasteiger partial charge on any atom is -0.497 e. The van der Waals surface area contributed by atoms with Crippen LogP contribution in [-0.4, -0.2) is 36.4 Å². The average Bonchev–Trinajstić information content (AvgIpc) is 3.46. The van der Waals surface area contributed by atoms with Crippen molar-refractivity contribution in [2.24, 2.45) is 5.10 Å². The van der Waals surface area contributed by atoms with Crippen molar-refractivity contribution in [1.82, 2.24) is 9.99 Å². The van der Waals surface area contributed by atoms with Gasteiger partial charge in [0.1, 0.15) is 5.75 Å². The summed E-state index contributed by atoms with van der Waals surface area (Å²) in [5.74, 6) is 0.00422.